The molecule has 0 saturated heterocycles. The molecular weight excluding hydrogens is 188 g/mol. The lowest BCUT2D eigenvalue weighted by Crippen LogP contribution is -1.91. The van der Waals surface area contributed by atoms with Crippen LogP contribution in [0.2, 0.25) is 0 Å². The molecule has 86 valence electrons. The van der Waals surface area contributed by atoms with E-state index in [9.17, 15) is 9.59 Å². The van der Waals surface area contributed by atoms with Crippen molar-refractivity contribution in [2.45, 2.75) is 58.3 Å². The molecule has 2 heteroatoms. The molecule has 0 aliphatic carbocycles. The molecule has 0 aliphatic heterocycles. The minimum Gasteiger partial charge on any atom is -0.303 e. The van der Waals surface area contributed by atoms with Gasteiger partial charge in [-0.1, -0.05) is 45.1 Å². The van der Waals surface area contributed by atoms with Gasteiger partial charge in [-0.25, -0.2) is 0 Å². The third kappa shape index (κ3) is 11.0. The van der Waals surface area contributed by atoms with E-state index in [1.807, 2.05) is 6.08 Å². The molecule has 0 fully saturated rings. The van der Waals surface area contributed by atoms with Crippen molar-refractivity contribution < 1.29 is 9.59 Å². The molecule has 0 aromatic heterocycles. The maximum atomic E-state index is 10.9. The molecule has 0 amide bonds. The smallest absolute Gasteiger partial charge is 0.162 e. The highest BCUT2D eigenvalue weighted by molar-refractivity contribution is 5.97. The van der Waals surface area contributed by atoms with E-state index in [0.717, 1.165) is 12.8 Å². The number of carbonyl (C=O) groups is 2. The van der Waals surface area contributed by atoms with Crippen LogP contribution in [-0.2, 0) is 9.59 Å². The molecule has 0 saturated carbocycles. The molecule has 0 spiro atoms. The number of allylic oxidation sites excluding steroid dienone is 2. The molecule has 15 heavy (non-hydrogen) atoms. The average molecular weight is 210 g/mol. The highest BCUT2D eigenvalue weighted by atomic mass is 16.1. The summed E-state index contributed by atoms with van der Waals surface area (Å²) in [6, 6.07) is 0. The standard InChI is InChI=1S/C13H22O2/c1-2-3-4-5-6-7-8-9-10-13(15)11-12-14/h9-10,12H,2-8,11H2,1H3. The molecule has 2 nitrogen and oxygen atoms in total. The van der Waals surface area contributed by atoms with Gasteiger partial charge in [-0.15, -0.1) is 0 Å². The Balaban J connectivity index is 3.22. The van der Waals surface area contributed by atoms with Crippen LogP contribution in [0.1, 0.15) is 58.3 Å². The zero-order chi connectivity index (χ0) is 11.4. The monoisotopic (exact) mass is 210 g/mol. The van der Waals surface area contributed by atoms with Crippen LogP contribution in [0.4, 0.5) is 0 Å². The minimum atomic E-state index is -0.0871. The van der Waals surface area contributed by atoms with Gasteiger partial charge >= 0.3 is 0 Å². The zero-order valence-electron chi connectivity index (χ0n) is 9.71. The Bertz CT molecular complexity index is 195. The number of ketones is 1. The third-order valence-corrected chi connectivity index (χ3v) is 2.31. The van der Waals surface area contributed by atoms with Crippen molar-refractivity contribution in [2.24, 2.45) is 0 Å². The number of unbranched alkanes of at least 4 members (excludes halogenated alkanes) is 6. The Hall–Kier alpha value is -0.920. The van der Waals surface area contributed by atoms with E-state index in [1.165, 1.54) is 38.2 Å². The van der Waals surface area contributed by atoms with Gasteiger partial charge in [-0.3, -0.25) is 4.79 Å². The van der Waals surface area contributed by atoms with Crippen molar-refractivity contribution in [3.05, 3.63) is 12.2 Å². The fourth-order valence-corrected chi connectivity index (χ4v) is 1.41. The van der Waals surface area contributed by atoms with E-state index in [2.05, 4.69) is 6.92 Å². The molecule has 0 aromatic carbocycles. The first-order valence-corrected chi connectivity index (χ1v) is 5.94. The zero-order valence-corrected chi connectivity index (χ0v) is 9.71. The first kappa shape index (κ1) is 14.1. The number of hydrogen-bond acceptors (Lipinski definition) is 2. The molecule has 0 radical (unpaired) electrons. The fraction of sp³-hybridized carbons (Fsp3) is 0.692. The summed E-state index contributed by atoms with van der Waals surface area (Å²) in [5.74, 6) is -0.0871. The van der Waals surface area contributed by atoms with Crippen LogP contribution < -0.4 is 0 Å². The predicted molar refractivity (Wildman–Crippen MR) is 62.8 cm³/mol. The fourth-order valence-electron chi connectivity index (χ4n) is 1.41. The van der Waals surface area contributed by atoms with Crippen molar-refractivity contribution in [3.8, 4) is 0 Å². The van der Waals surface area contributed by atoms with Crippen molar-refractivity contribution in [3.63, 3.8) is 0 Å². The van der Waals surface area contributed by atoms with Gasteiger partial charge in [0.15, 0.2) is 5.78 Å². The molecule has 0 heterocycles. The van der Waals surface area contributed by atoms with Gasteiger partial charge in [-0.2, -0.15) is 0 Å². The summed E-state index contributed by atoms with van der Waals surface area (Å²) in [7, 11) is 0. The van der Waals surface area contributed by atoms with Crippen LogP contribution in [0.25, 0.3) is 0 Å². The summed E-state index contributed by atoms with van der Waals surface area (Å²) < 4.78 is 0. The number of aldehydes is 1. The molecule has 0 unspecified atom stereocenters. The number of rotatable bonds is 10. The normalized spacial score (nSPS) is 10.7. The van der Waals surface area contributed by atoms with Crippen LogP contribution >= 0.6 is 0 Å². The van der Waals surface area contributed by atoms with Gasteiger partial charge in [0.2, 0.25) is 0 Å². The molecule has 0 atom stereocenters. The lowest BCUT2D eigenvalue weighted by atomic mass is 10.1. The number of hydrogen-bond donors (Lipinski definition) is 0. The largest absolute Gasteiger partial charge is 0.303 e. The molecule has 0 bridgehead atoms. The summed E-state index contributed by atoms with van der Waals surface area (Å²) >= 11 is 0. The average Bonchev–Trinajstić information content (AvgIpc) is 2.22. The Morgan fingerprint density at radius 2 is 1.73 bits per heavy atom. The number of carbonyl (C=O) groups excluding carboxylic acids is 2. The summed E-state index contributed by atoms with van der Waals surface area (Å²) in [5.41, 5.74) is 0. The topological polar surface area (TPSA) is 34.1 Å². The van der Waals surface area contributed by atoms with Crippen LogP contribution in [0, 0.1) is 0 Å². The molecule has 0 aromatic rings. The van der Waals surface area contributed by atoms with Gasteiger partial charge in [0, 0.05) is 0 Å². The predicted octanol–water partition coefficient (Wildman–Crippen LogP) is 3.45. The van der Waals surface area contributed by atoms with Crippen molar-refractivity contribution in [1.82, 2.24) is 0 Å². The van der Waals surface area contributed by atoms with Crippen LogP contribution in [-0.4, -0.2) is 12.1 Å². The maximum absolute atomic E-state index is 10.9. The van der Waals surface area contributed by atoms with Gasteiger partial charge in [0.25, 0.3) is 0 Å². The Morgan fingerprint density at radius 1 is 1.07 bits per heavy atom. The second-order valence-electron chi connectivity index (χ2n) is 3.80. The van der Waals surface area contributed by atoms with Crippen molar-refractivity contribution >= 4 is 12.1 Å². The maximum Gasteiger partial charge on any atom is 0.162 e. The van der Waals surface area contributed by atoms with Gasteiger partial charge in [0.1, 0.15) is 6.29 Å². The van der Waals surface area contributed by atoms with E-state index in [0.29, 0.717) is 6.29 Å². The lowest BCUT2D eigenvalue weighted by molar-refractivity contribution is -0.118. The van der Waals surface area contributed by atoms with E-state index in [-0.39, 0.29) is 12.2 Å². The highest BCUT2D eigenvalue weighted by Crippen LogP contribution is 2.07. The summed E-state index contributed by atoms with van der Waals surface area (Å²) in [6.07, 6.45) is 12.6. The molecule has 0 rings (SSSR count). The van der Waals surface area contributed by atoms with E-state index < -0.39 is 0 Å². The third-order valence-electron chi connectivity index (χ3n) is 2.31. The summed E-state index contributed by atoms with van der Waals surface area (Å²) in [5, 5.41) is 0. The van der Waals surface area contributed by atoms with Crippen LogP contribution in [0.15, 0.2) is 12.2 Å². The van der Waals surface area contributed by atoms with Gasteiger partial charge < -0.3 is 4.79 Å². The van der Waals surface area contributed by atoms with Gasteiger partial charge in [0.05, 0.1) is 6.42 Å². The van der Waals surface area contributed by atoms with E-state index in [1.54, 1.807) is 0 Å². The summed E-state index contributed by atoms with van der Waals surface area (Å²) in [6.45, 7) is 2.21. The minimum absolute atomic E-state index is 0.0208. The van der Waals surface area contributed by atoms with E-state index in [4.69, 9.17) is 0 Å². The summed E-state index contributed by atoms with van der Waals surface area (Å²) in [4.78, 5) is 20.9. The molecular formula is C13H22O2. The second-order valence-corrected chi connectivity index (χ2v) is 3.80. The van der Waals surface area contributed by atoms with E-state index >= 15 is 0 Å². The second kappa shape index (κ2) is 11.2. The SMILES string of the molecule is CCCCCCCCC=CC(=O)CC=O. The highest BCUT2D eigenvalue weighted by Gasteiger charge is 1.92. The van der Waals surface area contributed by atoms with Crippen LogP contribution in [0.5, 0.6) is 0 Å². The van der Waals surface area contributed by atoms with Crippen molar-refractivity contribution in [2.75, 3.05) is 0 Å². The Labute approximate surface area is 92.8 Å². The van der Waals surface area contributed by atoms with Gasteiger partial charge in [-0.05, 0) is 18.9 Å². The first-order valence-electron chi connectivity index (χ1n) is 5.94. The van der Waals surface area contributed by atoms with Crippen molar-refractivity contribution in [1.29, 1.82) is 0 Å². The lowest BCUT2D eigenvalue weighted by Gasteiger charge is -1.97. The van der Waals surface area contributed by atoms with Crippen LogP contribution in [0.3, 0.4) is 0 Å². The Morgan fingerprint density at radius 3 is 2.40 bits per heavy atom. The molecule has 0 aliphatic rings. The first-order chi connectivity index (χ1) is 7.31. The molecule has 0 N–H and O–H groups in total. The Kier molecular flexibility index (Phi) is 10.5. The quantitative estimate of drug-likeness (QED) is 0.239.